The highest BCUT2D eigenvalue weighted by molar-refractivity contribution is 6.46. The Morgan fingerprint density at radius 3 is 2.49 bits per heavy atom. The van der Waals surface area contributed by atoms with Crippen molar-refractivity contribution in [3.8, 4) is 5.75 Å². The molecule has 1 saturated heterocycles. The first-order chi connectivity index (χ1) is 17.0. The largest absolute Gasteiger partial charge is 0.507 e. The molecular weight excluding hydrogens is 447 g/mol. The second-order valence-corrected chi connectivity index (χ2v) is 8.27. The van der Waals surface area contributed by atoms with E-state index in [1.807, 2.05) is 18.2 Å². The number of likely N-dealkylation sites (tertiary alicyclic amines) is 1. The van der Waals surface area contributed by atoms with Crippen LogP contribution < -0.4 is 4.74 Å². The molecule has 0 radical (unpaired) electrons. The number of fused-ring (bicyclic) bond motifs is 1. The Hall–Kier alpha value is -4.52. The number of nitrogens with zero attached hydrogens (tertiary/aromatic N) is 2. The normalized spacial score (nSPS) is 17.2. The summed E-state index contributed by atoms with van der Waals surface area (Å²) < 4.78 is 18.9. The molecule has 1 N–H and O–H groups in total. The van der Waals surface area contributed by atoms with E-state index in [4.69, 9.17) is 4.74 Å². The summed E-state index contributed by atoms with van der Waals surface area (Å²) in [4.78, 5) is 31.8. The van der Waals surface area contributed by atoms with E-state index in [2.05, 4.69) is 4.98 Å². The van der Waals surface area contributed by atoms with Gasteiger partial charge in [-0.25, -0.2) is 4.39 Å². The summed E-state index contributed by atoms with van der Waals surface area (Å²) in [7, 11) is 1.58. The highest BCUT2D eigenvalue weighted by Crippen LogP contribution is 2.40. The van der Waals surface area contributed by atoms with Crippen molar-refractivity contribution in [2.24, 2.45) is 0 Å². The van der Waals surface area contributed by atoms with Gasteiger partial charge in [0.05, 0.1) is 18.7 Å². The molecule has 0 bridgehead atoms. The van der Waals surface area contributed by atoms with Crippen molar-refractivity contribution in [1.82, 2.24) is 9.88 Å². The lowest BCUT2D eigenvalue weighted by atomic mass is 9.94. The number of carbonyl (C=O) groups excluding carboxylic acids is 2. The van der Waals surface area contributed by atoms with Gasteiger partial charge in [0.25, 0.3) is 11.7 Å². The quantitative estimate of drug-likeness (QED) is 0.253. The second-order valence-electron chi connectivity index (χ2n) is 8.27. The number of hydrogen-bond donors (Lipinski definition) is 1. The van der Waals surface area contributed by atoms with Crippen molar-refractivity contribution in [3.05, 3.63) is 113 Å². The average molecular weight is 468 g/mol. The number of ketones is 1. The van der Waals surface area contributed by atoms with Crippen molar-refractivity contribution in [3.63, 3.8) is 0 Å². The van der Waals surface area contributed by atoms with Gasteiger partial charge in [-0.15, -0.1) is 0 Å². The van der Waals surface area contributed by atoms with E-state index in [1.165, 1.54) is 29.2 Å². The fraction of sp³-hybridized carbons (Fsp3) is 0.107. The van der Waals surface area contributed by atoms with E-state index in [0.717, 1.165) is 16.3 Å². The van der Waals surface area contributed by atoms with Gasteiger partial charge in [-0.05, 0) is 58.3 Å². The maximum atomic E-state index is 13.7. The molecule has 1 aliphatic rings. The van der Waals surface area contributed by atoms with E-state index in [0.29, 0.717) is 16.9 Å². The minimum Gasteiger partial charge on any atom is -0.507 e. The smallest absolute Gasteiger partial charge is 0.295 e. The average Bonchev–Trinajstić information content (AvgIpc) is 3.13. The van der Waals surface area contributed by atoms with Crippen LogP contribution >= 0.6 is 0 Å². The van der Waals surface area contributed by atoms with E-state index >= 15 is 0 Å². The molecule has 1 aliphatic heterocycles. The first-order valence-corrected chi connectivity index (χ1v) is 11.0. The molecule has 6 nitrogen and oxygen atoms in total. The number of Topliss-reactive ketones (excluding diaryl/α,β-unsaturated/α-hetero) is 1. The number of benzene rings is 3. The van der Waals surface area contributed by atoms with Crippen molar-refractivity contribution < 1.29 is 23.8 Å². The Morgan fingerprint density at radius 2 is 1.77 bits per heavy atom. The van der Waals surface area contributed by atoms with Crippen molar-refractivity contribution >= 4 is 28.2 Å². The predicted octanol–water partition coefficient (Wildman–Crippen LogP) is 5.00. The summed E-state index contributed by atoms with van der Waals surface area (Å²) in [6.07, 6.45) is 3.23. The molecule has 2 heterocycles. The number of methoxy groups -OCH3 is 1. The van der Waals surface area contributed by atoms with Crippen LogP contribution in [0.4, 0.5) is 4.39 Å². The van der Waals surface area contributed by atoms with Crippen molar-refractivity contribution in [2.45, 2.75) is 12.6 Å². The number of pyridine rings is 1. The lowest BCUT2D eigenvalue weighted by Crippen LogP contribution is -2.29. The standard InChI is InChI=1S/C28H21FN2O4/c1-35-23-11-8-19-13-21(5-4-20(19)14-23)26(32)24-25(18-6-9-22(29)10-7-18)31(28(34)27(24)33)16-17-3-2-12-30-15-17/h2-15,25,32H,16H2,1H3/b26-24+. The van der Waals surface area contributed by atoms with E-state index in [-0.39, 0.29) is 17.9 Å². The predicted molar refractivity (Wildman–Crippen MR) is 129 cm³/mol. The number of rotatable bonds is 5. The lowest BCUT2D eigenvalue weighted by molar-refractivity contribution is -0.140. The third-order valence-corrected chi connectivity index (χ3v) is 6.12. The number of amides is 1. The zero-order chi connectivity index (χ0) is 24.5. The zero-order valence-corrected chi connectivity index (χ0v) is 18.8. The summed E-state index contributed by atoms with van der Waals surface area (Å²) in [5.41, 5.74) is 1.59. The molecule has 1 fully saturated rings. The summed E-state index contributed by atoms with van der Waals surface area (Å²) in [5, 5.41) is 13.0. The van der Waals surface area contributed by atoms with Crippen LogP contribution in [-0.4, -0.2) is 33.8 Å². The number of ether oxygens (including phenoxy) is 1. The molecule has 0 spiro atoms. The fourth-order valence-corrected chi connectivity index (χ4v) is 4.38. The van der Waals surface area contributed by atoms with Crippen LogP contribution in [0.3, 0.4) is 0 Å². The minimum absolute atomic E-state index is 0.0432. The molecule has 174 valence electrons. The van der Waals surface area contributed by atoms with Gasteiger partial charge in [0.15, 0.2) is 0 Å². The van der Waals surface area contributed by atoms with Crippen molar-refractivity contribution in [2.75, 3.05) is 7.11 Å². The van der Waals surface area contributed by atoms with E-state index in [1.54, 1.807) is 49.8 Å². The monoisotopic (exact) mass is 468 g/mol. The number of hydrogen-bond acceptors (Lipinski definition) is 5. The molecule has 1 aromatic heterocycles. The fourth-order valence-electron chi connectivity index (χ4n) is 4.38. The van der Waals surface area contributed by atoms with E-state index < -0.39 is 23.5 Å². The highest BCUT2D eigenvalue weighted by Gasteiger charge is 2.46. The number of aromatic nitrogens is 1. The molecule has 3 aromatic carbocycles. The van der Waals surface area contributed by atoms with Crippen LogP contribution in [0.5, 0.6) is 5.75 Å². The molecule has 35 heavy (non-hydrogen) atoms. The van der Waals surface area contributed by atoms with Gasteiger partial charge in [0.1, 0.15) is 17.3 Å². The van der Waals surface area contributed by atoms with Gasteiger partial charge in [0.2, 0.25) is 0 Å². The van der Waals surface area contributed by atoms with Gasteiger partial charge in [-0.1, -0.05) is 36.4 Å². The topological polar surface area (TPSA) is 79.7 Å². The van der Waals surface area contributed by atoms with Gasteiger partial charge in [-0.2, -0.15) is 0 Å². The van der Waals surface area contributed by atoms with Gasteiger partial charge < -0.3 is 14.7 Å². The van der Waals surface area contributed by atoms with Crippen LogP contribution in [0.2, 0.25) is 0 Å². The minimum atomic E-state index is -0.887. The molecule has 4 aromatic rings. The Kier molecular flexibility index (Phi) is 5.74. The van der Waals surface area contributed by atoms with Gasteiger partial charge >= 0.3 is 0 Å². The van der Waals surface area contributed by atoms with E-state index in [9.17, 15) is 19.1 Å². The summed E-state index contributed by atoms with van der Waals surface area (Å²) in [6.45, 7) is 0.106. The van der Waals surface area contributed by atoms with Crippen molar-refractivity contribution in [1.29, 1.82) is 0 Å². The van der Waals surface area contributed by atoms with Crippen LogP contribution in [0, 0.1) is 5.82 Å². The number of aliphatic hydroxyl groups is 1. The van der Waals surface area contributed by atoms with Crippen LogP contribution in [0.15, 0.2) is 90.8 Å². The maximum Gasteiger partial charge on any atom is 0.295 e. The molecule has 5 rings (SSSR count). The number of aliphatic hydroxyl groups excluding tert-OH is 1. The molecular formula is C28H21FN2O4. The molecule has 0 saturated carbocycles. The second kappa shape index (κ2) is 9.02. The Labute approximate surface area is 200 Å². The van der Waals surface area contributed by atoms with Crippen LogP contribution in [0.1, 0.15) is 22.7 Å². The molecule has 1 unspecified atom stereocenters. The summed E-state index contributed by atoms with van der Waals surface area (Å²) >= 11 is 0. The Morgan fingerprint density at radius 1 is 1.03 bits per heavy atom. The Balaban J connectivity index is 1.64. The molecule has 7 heteroatoms. The Bertz CT molecular complexity index is 1470. The first kappa shape index (κ1) is 22.3. The third kappa shape index (κ3) is 4.12. The number of carbonyl (C=O) groups is 2. The van der Waals surface area contributed by atoms with Gasteiger partial charge in [-0.3, -0.25) is 14.6 Å². The van der Waals surface area contributed by atoms with Crippen LogP contribution in [0.25, 0.3) is 16.5 Å². The van der Waals surface area contributed by atoms with Crippen LogP contribution in [-0.2, 0) is 16.1 Å². The summed E-state index contributed by atoms with van der Waals surface area (Å²) in [6, 6.07) is 19.0. The zero-order valence-electron chi connectivity index (χ0n) is 18.8. The molecule has 1 atom stereocenters. The summed E-state index contributed by atoms with van der Waals surface area (Å²) in [5.74, 6) is -1.57. The molecule has 0 aliphatic carbocycles. The number of halogens is 1. The maximum absolute atomic E-state index is 13.7. The molecule has 1 amide bonds. The van der Waals surface area contributed by atoms with Gasteiger partial charge in [0, 0.05) is 24.5 Å². The lowest BCUT2D eigenvalue weighted by Gasteiger charge is -2.25. The SMILES string of the molecule is COc1ccc2cc(/C(O)=C3\C(=O)C(=O)N(Cc4cccnc4)C3c3ccc(F)cc3)ccc2c1. The first-order valence-electron chi connectivity index (χ1n) is 11.0. The highest BCUT2D eigenvalue weighted by atomic mass is 19.1. The third-order valence-electron chi connectivity index (χ3n) is 6.12.